The minimum atomic E-state index is -1.63. The van der Waals surface area contributed by atoms with Crippen LogP contribution >= 0.6 is 0 Å². The van der Waals surface area contributed by atoms with E-state index in [1.54, 1.807) is 6.92 Å². The van der Waals surface area contributed by atoms with Crippen LogP contribution < -0.4 is 5.32 Å². The SMILES string of the molecule is CCCCCCC1(C)NC(=O)N(CC(O)c2c(F)cccc2F)C1=O. The Morgan fingerprint density at radius 3 is 2.44 bits per heavy atom. The summed E-state index contributed by atoms with van der Waals surface area (Å²) in [6.07, 6.45) is 2.71. The Hall–Kier alpha value is -2.02. The summed E-state index contributed by atoms with van der Waals surface area (Å²) in [5.41, 5.74) is -1.59. The van der Waals surface area contributed by atoms with Crippen molar-refractivity contribution in [2.24, 2.45) is 0 Å². The zero-order chi connectivity index (χ0) is 18.6. The number of aliphatic hydroxyl groups is 1. The first-order valence-electron chi connectivity index (χ1n) is 8.56. The van der Waals surface area contributed by atoms with Crippen molar-refractivity contribution in [2.75, 3.05) is 6.54 Å². The fraction of sp³-hybridized carbons (Fsp3) is 0.556. The van der Waals surface area contributed by atoms with Gasteiger partial charge in [0.05, 0.1) is 12.1 Å². The summed E-state index contributed by atoms with van der Waals surface area (Å²) in [6.45, 7) is 3.22. The first-order valence-corrected chi connectivity index (χ1v) is 8.56. The monoisotopic (exact) mass is 354 g/mol. The Kier molecular flexibility index (Phi) is 6.11. The van der Waals surface area contributed by atoms with E-state index in [1.165, 1.54) is 6.07 Å². The van der Waals surface area contributed by atoms with Gasteiger partial charge >= 0.3 is 6.03 Å². The first kappa shape index (κ1) is 19.3. The van der Waals surface area contributed by atoms with Crippen LogP contribution in [0.25, 0.3) is 0 Å². The van der Waals surface area contributed by atoms with Crippen molar-refractivity contribution in [2.45, 2.75) is 57.6 Å². The predicted octanol–water partition coefficient (Wildman–Crippen LogP) is 3.28. The van der Waals surface area contributed by atoms with Gasteiger partial charge in [-0.3, -0.25) is 9.69 Å². The van der Waals surface area contributed by atoms with Crippen molar-refractivity contribution in [1.82, 2.24) is 10.2 Å². The van der Waals surface area contributed by atoms with Gasteiger partial charge in [0.1, 0.15) is 23.3 Å². The molecule has 5 nitrogen and oxygen atoms in total. The first-order chi connectivity index (χ1) is 11.8. The van der Waals surface area contributed by atoms with Crippen LogP contribution in [-0.4, -0.2) is 34.0 Å². The van der Waals surface area contributed by atoms with Crippen LogP contribution in [-0.2, 0) is 4.79 Å². The maximum absolute atomic E-state index is 13.8. The molecule has 1 saturated heterocycles. The molecule has 7 heteroatoms. The number of halogens is 2. The van der Waals surface area contributed by atoms with E-state index in [0.717, 1.165) is 42.7 Å². The Morgan fingerprint density at radius 2 is 1.84 bits per heavy atom. The number of nitrogens with one attached hydrogen (secondary N) is 1. The van der Waals surface area contributed by atoms with E-state index >= 15 is 0 Å². The quantitative estimate of drug-likeness (QED) is 0.556. The summed E-state index contributed by atoms with van der Waals surface area (Å²) < 4.78 is 27.5. The van der Waals surface area contributed by atoms with E-state index in [0.29, 0.717) is 6.42 Å². The second-order valence-corrected chi connectivity index (χ2v) is 6.64. The number of nitrogens with zero attached hydrogens (tertiary/aromatic N) is 1. The number of carbonyl (C=O) groups is 2. The number of urea groups is 1. The van der Waals surface area contributed by atoms with Crippen LogP contribution in [0.4, 0.5) is 13.6 Å². The molecule has 0 aromatic heterocycles. The number of imide groups is 1. The zero-order valence-electron chi connectivity index (χ0n) is 14.5. The lowest BCUT2D eigenvalue weighted by Crippen LogP contribution is -2.44. The van der Waals surface area contributed by atoms with Crippen molar-refractivity contribution in [3.05, 3.63) is 35.4 Å². The molecule has 1 heterocycles. The normalized spacial score (nSPS) is 21.6. The van der Waals surface area contributed by atoms with E-state index in [4.69, 9.17) is 0 Å². The minimum Gasteiger partial charge on any atom is -0.386 e. The molecule has 3 amide bonds. The van der Waals surface area contributed by atoms with Gasteiger partial charge in [-0.05, 0) is 25.5 Å². The Bertz CT molecular complexity index is 633. The lowest BCUT2D eigenvalue weighted by molar-refractivity contribution is -0.132. The van der Waals surface area contributed by atoms with Crippen molar-refractivity contribution in [3.8, 4) is 0 Å². The number of aliphatic hydroxyl groups excluding tert-OH is 1. The van der Waals surface area contributed by atoms with Gasteiger partial charge in [0, 0.05) is 0 Å². The fourth-order valence-electron chi connectivity index (χ4n) is 3.08. The summed E-state index contributed by atoms with van der Waals surface area (Å²) >= 11 is 0. The third-order valence-corrected chi connectivity index (χ3v) is 4.56. The number of unbranched alkanes of at least 4 members (excludes halogenated alkanes) is 3. The largest absolute Gasteiger partial charge is 0.386 e. The van der Waals surface area contributed by atoms with Crippen molar-refractivity contribution in [3.63, 3.8) is 0 Å². The molecule has 0 bridgehead atoms. The molecule has 1 aliphatic heterocycles. The molecule has 1 fully saturated rings. The zero-order valence-corrected chi connectivity index (χ0v) is 14.5. The van der Waals surface area contributed by atoms with Crippen molar-refractivity contribution in [1.29, 1.82) is 0 Å². The second-order valence-electron chi connectivity index (χ2n) is 6.64. The van der Waals surface area contributed by atoms with Crippen molar-refractivity contribution >= 4 is 11.9 Å². The lowest BCUT2D eigenvalue weighted by Gasteiger charge is -2.23. The summed E-state index contributed by atoms with van der Waals surface area (Å²) in [5.74, 6) is -2.31. The molecule has 2 unspecified atom stereocenters. The average molecular weight is 354 g/mol. The highest BCUT2D eigenvalue weighted by molar-refractivity contribution is 6.06. The number of amides is 3. The van der Waals surface area contributed by atoms with E-state index in [9.17, 15) is 23.5 Å². The lowest BCUT2D eigenvalue weighted by atomic mass is 9.94. The van der Waals surface area contributed by atoms with Gasteiger partial charge < -0.3 is 10.4 Å². The molecular weight excluding hydrogens is 330 g/mol. The van der Waals surface area contributed by atoms with Crippen LogP contribution in [0.2, 0.25) is 0 Å². The van der Waals surface area contributed by atoms with Crippen LogP contribution in [0.5, 0.6) is 0 Å². The predicted molar refractivity (Wildman–Crippen MR) is 88.7 cm³/mol. The third kappa shape index (κ3) is 4.15. The third-order valence-electron chi connectivity index (χ3n) is 4.56. The molecule has 0 radical (unpaired) electrons. The number of benzene rings is 1. The number of carbonyl (C=O) groups excluding carboxylic acids is 2. The van der Waals surface area contributed by atoms with E-state index < -0.39 is 47.3 Å². The van der Waals surface area contributed by atoms with Gasteiger partial charge in [-0.25, -0.2) is 13.6 Å². The number of hydrogen-bond donors (Lipinski definition) is 2. The Labute approximate surface area is 146 Å². The number of hydrogen-bond acceptors (Lipinski definition) is 3. The molecule has 1 aromatic rings. The van der Waals surface area contributed by atoms with Gasteiger partial charge in [-0.15, -0.1) is 0 Å². The standard InChI is InChI=1S/C18H24F2N2O3/c1-3-4-5-6-10-18(2)16(24)22(17(25)21-18)11-14(23)15-12(19)8-7-9-13(15)20/h7-9,14,23H,3-6,10-11H2,1-2H3,(H,21,25). The molecule has 25 heavy (non-hydrogen) atoms. The molecule has 2 N–H and O–H groups in total. The maximum atomic E-state index is 13.8. The molecule has 2 atom stereocenters. The highest BCUT2D eigenvalue weighted by Gasteiger charge is 2.47. The van der Waals surface area contributed by atoms with Crippen LogP contribution in [0.3, 0.4) is 0 Å². The van der Waals surface area contributed by atoms with E-state index in [2.05, 4.69) is 12.2 Å². The Morgan fingerprint density at radius 1 is 1.20 bits per heavy atom. The fourth-order valence-corrected chi connectivity index (χ4v) is 3.08. The average Bonchev–Trinajstić information content (AvgIpc) is 2.75. The van der Waals surface area contributed by atoms with Gasteiger partial charge in [-0.2, -0.15) is 0 Å². The van der Waals surface area contributed by atoms with Crippen molar-refractivity contribution < 1.29 is 23.5 Å². The molecule has 138 valence electrons. The highest BCUT2D eigenvalue weighted by atomic mass is 19.1. The van der Waals surface area contributed by atoms with Gasteiger partial charge in [0.15, 0.2) is 0 Å². The van der Waals surface area contributed by atoms with Gasteiger partial charge in [0.2, 0.25) is 0 Å². The van der Waals surface area contributed by atoms with Crippen LogP contribution in [0.15, 0.2) is 18.2 Å². The summed E-state index contributed by atoms with van der Waals surface area (Å²) in [4.78, 5) is 25.5. The smallest absolute Gasteiger partial charge is 0.325 e. The summed E-state index contributed by atoms with van der Waals surface area (Å²) in [5, 5.41) is 12.8. The number of rotatable bonds is 8. The summed E-state index contributed by atoms with van der Waals surface area (Å²) in [7, 11) is 0. The van der Waals surface area contributed by atoms with Crippen LogP contribution in [0, 0.1) is 11.6 Å². The molecule has 0 aliphatic carbocycles. The Balaban J connectivity index is 2.07. The molecule has 2 rings (SSSR count). The minimum absolute atomic E-state index is 0.482. The molecule has 1 aliphatic rings. The van der Waals surface area contributed by atoms with E-state index in [1.807, 2.05) is 0 Å². The summed E-state index contributed by atoms with van der Waals surface area (Å²) in [6, 6.07) is 2.57. The highest BCUT2D eigenvalue weighted by Crippen LogP contribution is 2.27. The molecule has 0 spiro atoms. The van der Waals surface area contributed by atoms with Crippen LogP contribution in [0.1, 0.15) is 57.6 Å². The molecule has 1 aromatic carbocycles. The molecular formula is C18H24F2N2O3. The second kappa shape index (κ2) is 7.91. The number of β-amino-alcohol motifs (C(OH)–C–C–N with tert-alkyl or cyclic N) is 1. The molecule has 0 saturated carbocycles. The van der Waals surface area contributed by atoms with Gasteiger partial charge in [-0.1, -0.05) is 38.7 Å². The topological polar surface area (TPSA) is 69.6 Å². The van der Waals surface area contributed by atoms with Gasteiger partial charge in [0.25, 0.3) is 5.91 Å². The maximum Gasteiger partial charge on any atom is 0.325 e. The van der Waals surface area contributed by atoms with E-state index in [-0.39, 0.29) is 0 Å².